The lowest BCUT2D eigenvalue weighted by Gasteiger charge is -2.28. The molecule has 0 spiro atoms. The molecule has 1 N–H and O–H groups in total. The molecule has 0 radical (unpaired) electrons. The fourth-order valence-electron chi connectivity index (χ4n) is 3.89. The van der Waals surface area contributed by atoms with Gasteiger partial charge in [-0.15, -0.1) is 0 Å². The summed E-state index contributed by atoms with van der Waals surface area (Å²) in [6.07, 6.45) is 3.40. The highest BCUT2D eigenvalue weighted by Gasteiger charge is 2.31. The number of alkyl halides is 1. The van der Waals surface area contributed by atoms with Crippen LogP contribution in [-0.4, -0.2) is 117 Å². The highest BCUT2D eigenvalue weighted by atomic mass is 79.9. The summed E-state index contributed by atoms with van der Waals surface area (Å²) in [7, 11) is 0. The van der Waals surface area contributed by atoms with Crippen molar-refractivity contribution in [3.8, 4) is 12.1 Å². The van der Waals surface area contributed by atoms with E-state index >= 15 is 0 Å². The van der Waals surface area contributed by atoms with Crippen molar-refractivity contribution >= 4 is 51.7 Å². The van der Waals surface area contributed by atoms with Crippen molar-refractivity contribution in [1.29, 1.82) is 10.5 Å². The van der Waals surface area contributed by atoms with E-state index in [-0.39, 0.29) is 58.4 Å². The zero-order valence-corrected chi connectivity index (χ0v) is 32.6. The molecule has 0 saturated carbocycles. The second kappa shape index (κ2) is 37.5. The molecule has 292 valence electrons. The van der Waals surface area contributed by atoms with Gasteiger partial charge < -0.3 is 33.7 Å². The first kappa shape index (κ1) is 51.6. The van der Waals surface area contributed by atoms with Crippen LogP contribution < -0.4 is 5.32 Å². The van der Waals surface area contributed by atoms with Gasteiger partial charge in [-0.1, -0.05) is 15.9 Å². The Morgan fingerprint density at radius 1 is 0.608 bits per heavy atom. The molecule has 0 amide bonds. The number of hydrogen-bond acceptors (Lipinski definition) is 16. The van der Waals surface area contributed by atoms with Crippen LogP contribution in [0.2, 0.25) is 0 Å². The van der Waals surface area contributed by atoms with Crippen LogP contribution in [0.3, 0.4) is 0 Å². The number of hydrogen-bond donors (Lipinski definition) is 1. The van der Waals surface area contributed by atoms with Crippen molar-refractivity contribution in [2.75, 3.05) is 64.6 Å². The van der Waals surface area contributed by atoms with E-state index < -0.39 is 41.9 Å². The zero-order valence-electron chi connectivity index (χ0n) is 31.0. The Balaban J connectivity index is -0.000000779. The Kier molecular flexibility index (Phi) is 37.9. The molecule has 2 atom stereocenters. The van der Waals surface area contributed by atoms with Gasteiger partial charge in [0, 0.05) is 12.8 Å². The van der Waals surface area contributed by atoms with Gasteiger partial charge in [0.15, 0.2) is 0 Å². The molecule has 51 heavy (non-hydrogen) atoms. The Morgan fingerprint density at radius 2 is 1.06 bits per heavy atom. The molecule has 0 aliphatic carbocycles. The second-order valence-electron chi connectivity index (χ2n) is 9.99. The van der Waals surface area contributed by atoms with E-state index in [1.807, 2.05) is 6.07 Å². The molecule has 0 fully saturated rings. The summed E-state index contributed by atoms with van der Waals surface area (Å²) in [5, 5.41) is 20.3. The van der Waals surface area contributed by atoms with Crippen LogP contribution in [0.5, 0.6) is 0 Å². The van der Waals surface area contributed by atoms with E-state index in [1.165, 1.54) is 0 Å². The van der Waals surface area contributed by atoms with Crippen LogP contribution in [0, 0.1) is 22.7 Å². The third-order valence-electron chi connectivity index (χ3n) is 6.05. The van der Waals surface area contributed by atoms with Gasteiger partial charge >= 0.3 is 35.8 Å². The van der Waals surface area contributed by atoms with Gasteiger partial charge in [-0.2, -0.15) is 10.5 Å². The summed E-state index contributed by atoms with van der Waals surface area (Å²) in [6.45, 7) is 12.7. The number of nitrogens with one attached hydrogen (secondary N) is 1. The summed E-state index contributed by atoms with van der Waals surface area (Å²) >= 11 is 2.94. The van der Waals surface area contributed by atoms with Crippen molar-refractivity contribution < 1.29 is 57.2 Å². The minimum atomic E-state index is -0.925. The maximum absolute atomic E-state index is 12.3. The van der Waals surface area contributed by atoms with Crippen LogP contribution in [0.4, 0.5) is 0 Å². The van der Waals surface area contributed by atoms with Crippen LogP contribution in [0.1, 0.15) is 92.9 Å². The minimum Gasteiger partial charge on any atom is -0.466 e. The lowest BCUT2D eigenvalue weighted by molar-refractivity contribution is -0.158. The Labute approximate surface area is 310 Å². The Morgan fingerprint density at radius 3 is 1.53 bits per heavy atom. The van der Waals surface area contributed by atoms with Crippen molar-refractivity contribution in [2.24, 2.45) is 0 Å². The first-order chi connectivity index (χ1) is 24.5. The molecule has 0 heterocycles. The van der Waals surface area contributed by atoms with E-state index in [9.17, 15) is 28.8 Å². The molecule has 17 heteroatoms. The number of halogens is 1. The van der Waals surface area contributed by atoms with Gasteiger partial charge in [0.2, 0.25) is 0 Å². The van der Waals surface area contributed by atoms with Crippen molar-refractivity contribution in [3.63, 3.8) is 0 Å². The van der Waals surface area contributed by atoms with Crippen LogP contribution in [0.25, 0.3) is 0 Å². The molecular formula is C34H57BrN4O12. The van der Waals surface area contributed by atoms with E-state index in [0.29, 0.717) is 50.7 Å². The topological polar surface area (TPSA) is 221 Å². The molecule has 0 aromatic rings. The zero-order chi connectivity index (χ0) is 39.3. The molecule has 0 bridgehead atoms. The summed E-state index contributed by atoms with van der Waals surface area (Å²) < 4.78 is 29.1. The lowest BCUT2D eigenvalue weighted by atomic mass is 10.1. The largest absolute Gasteiger partial charge is 0.466 e. The second-order valence-corrected chi connectivity index (χ2v) is 10.6. The number of esters is 6. The van der Waals surface area contributed by atoms with Gasteiger partial charge in [0.1, 0.15) is 17.4 Å². The Hall–Kier alpha value is -3.80. The van der Waals surface area contributed by atoms with Gasteiger partial charge in [0.25, 0.3) is 0 Å². The molecule has 0 aromatic heterocycles. The maximum atomic E-state index is 12.3. The fourth-order valence-corrected chi connectivity index (χ4v) is 4.05. The number of carbonyl (C=O) groups is 6. The van der Waals surface area contributed by atoms with E-state index in [1.54, 1.807) is 46.4 Å². The summed E-state index contributed by atoms with van der Waals surface area (Å²) in [5.74, 6) is -2.68. The summed E-state index contributed by atoms with van der Waals surface area (Å²) in [4.78, 5) is 70.7. The van der Waals surface area contributed by atoms with Crippen LogP contribution in [-0.2, 0) is 57.2 Å². The number of nitriles is 2. The van der Waals surface area contributed by atoms with Crippen molar-refractivity contribution in [3.05, 3.63) is 0 Å². The summed E-state index contributed by atoms with van der Waals surface area (Å²) in [6, 6.07) is 2.50. The molecule has 0 aromatic carbocycles. The van der Waals surface area contributed by atoms with Crippen molar-refractivity contribution in [2.45, 2.75) is 105 Å². The van der Waals surface area contributed by atoms with Gasteiger partial charge in [-0.05, 0) is 80.3 Å². The number of rotatable bonds is 25. The van der Waals surface area contributed by atoms with Crippen molar-refractivity contribution in [1.82, 2.24) is 10.2 Å². The maximum Gasteiger partial charge on any atom is 0.323 e. The molecule has 16 nitrogen and oxygen atoms in total. The number of nitrogens with zero attached hydrogens (tertiary/aromatic N) is 3. The quantitative estimate of drug-likeness (QED) is 0.0605. The molecule has 0 saturated heterocycles. The Bertz CT molecular complexity index is 1060. The SMILES string of the molecule is CCOC(=O)CBr.CCOC(=O)CC(C(=O)OCC)N(CCCCC#N)CC(=O)OCC.CCOC(=O)CC(NCCCCC#N)C(=O)OCC. The van der Waals surface area contributed by atoms with Gasteiger partial charge in [-0.25, -0.2) is 0 Å². The molecule has 0 rings (SSSR count). The third kappa shape index (κ3) is 31.9. The smallest absolute Gasteiger partial charge is 0.323 e. The summed E-state index contributed by atoms with van der Waals surface area (Å²) in [5.41, 5.74) is 0. The fraction of sp³-hybridized carbons (Fsp3) is 0.765. The highest BCUT2D eigenvalue weighted by Crippen LogP contribution is 2.12. The van der Waals surface area contributed by atoms with Crippen LogP contribution >= 0.6 is 15.9 Å². The number of unbranched alkanes of at least 4 members (excludes halogenated alkanes) is 4. The van der Waals surface area contributed by atoms with Gasteiger partial charge in [0.05, 0.1) is 71.2 Å². The standard InChI is InChI=1S/C17H28N2O6.C13H22N2O4.C4H7BrO2/c1-4-23-15(20)12-14(17(22)25-6-3)19(11-9-7-8-10-18)13-16(21)24-5-2;1-3-18-12(16)10-11(13(17)19-4-2)15-9-7-5-6-8-14;1-2-7-4(6)3-5/h14H,4-9,11-13H2,1-3H3;11,15H,3-7,9-10H2,1-2H3;2-3H2,1H3. The van der Waals surface area contributed by atoms with E-state index in [4.69, 9.17) is 34.2 Å². The number of ether oxygens (including phenoxy) is 6. The number of carbonyl (C=O) groups excluding carboxylic acids is 6. The molecule has 0 aliphatic rings. The monoisotopic (exact) mass is 792 g/mol. The average Bonchev–Trinajstić information content (AvgIpc) is 3.09. The highest BCUT2D eigenvalue weighted by molar-refractivity contribution is 9.09. The van der Waals surface area contributed by atoms with E-state index in [0.717, 1.165) is 12.8 Å². The average molecular weight is 794 g/mol. The van der Waals surface area contributed by atoms with E-state index in [2.05, 4.69) is 32.1 Å². The van der Waals surface area contributed by atoms with Crippen LogP contribution in [0.15, 0.2) is 0 Å². The lowest BCUT2D eigenvalue weighted by Crippen LogP contribution is -2.47. The minimum absolute atomic E-state index is 0.0368. The molecule has 0 aliphatic heterocycles. The normalized spacial score (nSPS) is 11.0. The molecule has 2 unspecified atom stereocenters. The predicted octanol–water partition coefficient (Wildman–Crippen LogP) is 3.53. The predicted molar refractivity (Wildman–Crippen MR) is 189 cm³/mol. The first-order valence-corrected chi connectivity index (χ1v) is 18.3. The van der Waals surface area contributed by atoms with Gasteiger partial charge in [-0.3, -0.25) is 33.7 Å². The third-order valence-corrected chi connectivity index (χ3v) is 6.51. The first-order valence-electron chi connectivity index (χ1n) is 17.2. The molecular weight excluding hydrogens is 736 g/mol.